The second-order valence-corrected chi connectivity index (χ2v) is 6.68. The van der Waals surface area contributed by atoms with E-state index in [1.165, 1.54) is 12.5 Å². The first-order valence-electron chi connectivity index (χ1n) is 6.91. The maximum absolute atomic E-state index is 11.2. The third kappa shape index (κ3) is 2.49. The predicted octanol–water partition coefficient (Wildman–Crippen LogP) is 3.18. The van der Waals surface area contributed by atoms with E-state index in [4.69, 9.17) is 9.47 Å². The number of allylic oxidation sites excluding steroid dienone is 1. The van der Waals surface area contributed by atoms with E-state index in [9.17, 15) is 4.79 Å². The van der Waals surface area contributed by atoms with Crippen LogP contribution in [0.3, 0.4) is 0 Å². The maximum atomic E-state index is 11.2. The van der Waals surface area contributed by atoms with Gasteiger partial charge in [0.25, 0.3) is 0 Å². The molecule has 5 atom stereocenters. The normalized spacial score (nSPS) is 41.6. The van der Waals surface area contributed by atoms with E-state index < -0.39 is 0 Å². The van der Waals surface area contributed by atoms with Gasteiger partial charge >= 0.3 is 5.97 Å². The van der Waals surface area contributed by atoms with Gasteiger partial charge in [0, 0.05) is 23.6 Å². The smallest absolute Gasteiger partial charge is 0.302 e. The lowest BCUT2D eigenvalue weighted by atomic mass is 9.56. The molecular weight excluding hydrogens is 308 g/mol. The van der Waals surface area contributed by atoms with Crippen molar-refractivity contribution in [1.82, 2.24) is 0 Å². The van der Waals surface area contributed by atoms with E-state index >= 15 is 0 Å². The third-order valence-corrected chi connectivity index (χ3v) is 5.69. The van der Waals surface area contributed by atoms with Gasteiger partial charge in [-0.1, -0.05) is 41.4 Å². The lowest BCUT2D eigenvalue weighted by molar-refractivity contribution is -0.174. The van der Waals surface area contributed by atoms with Gasteiger partial charge in [-0.3, -0.25) is 4.79 Å². The first-order valence-corrected chi connectivity index (χ1v) is 8.03. The van der Waals surface area contributed by atoms with Gasteiger partial charge in [-0.15, -0.1) is 0 Å². The molecule has 0 aromatic carbocycles. The molecule has 0 saturated carbocycles. The Morgan fingerprint density at radius 2 is 2.26 bits per heavy atom. The number of alkyl halides is 1. The molecule has 4 heteroatoms. The van der Waals surface area contributed by atoms with Crippen LogP contribution >= 0.6 is 15.9 Å². The van der Waals surface area contributed by atoms with Crippen molar-refractivity contribution in [2.45, 2.75) is 33.8 Å². The van der Waals surface area contributed by atoms with Crippen molar-refractivity contribution in [2.75, 3.05) is 18.5 Å². The van der Waals surface area contributed by atoms with Gasteiger partial charge < -0.3 is 9.47 Å². The Morgan fingerprint density at radius 1 is 1.58 bits per heavy atom. The van der Waals surface area contributed by atoms with Crippen LogP contribution in [0, 0.1) is 23.2 Å². The van der Waals surface area contributed by atoms with Gasteiger partial charge in [-0.05, 0) is 18.8 Å². The predicted molar refractivity (Wildman–Crippen MR) is 78.2 cm³/mol. The highest BCUT2D eigenvalue weighted by Gasteiger charge is 2.53. The molecule has 0 radical (unpaired) electrons. The first-order chi connectivity index (χ1) is 8.92. The molecule has 3 nitrogen and oxygen atoms in total. The molecule has 0 amide bonds. The van der Waals surface area contributed by atoms with Crippen molar-refractivity contribution in [3.05, 3.63) is 11.6 Å². The molecule has 0 aromatic heterocycles. The fourth-order valence-electron chi connectivity index (χ4n) is 3.76. The van der Waals surface area contributed by atoms with E-state index in [-0.39, 0.29) is 17.5 Å². The number of esters is 1. The summed E-state index contributed by atoms with van der Waals surface area (Å²) in [5, 5.41) is 0.852. The first kappa shape index (κ1) is 15.0. The van der Waals surface area contributed by atoms with Gasteiger partial charge in [0.2, 0.25) is 0 Å². The Hall–Kier alpha value is -0.350. The van der Waals surface area contributed by atoms with Gasteiger partial charge in [0.1, 0.15) is 0 Å². The number of ether oxygens (including phenoxy) is 2. The highest BCUT2D eigenvalue weighted by Crippen LogP contribution is 2.52. The zero-order chi connectivity index (χ0) is 14.2. The molecule has 2 rings (SSSR count). The SMILES string of the molecule is CC(=O)OC[C@]12CO[C@H](CBr)[C@@H](C(C)=C[C@@H]1C)[C@H]2C. The lowest BCUT2D eigenvalue weighted by Gasteiger charge is -2.55. The van der Waals surface area contributed by atoms with Crippen molar-refractivity contribution in [3.63, 3.8) is 0 Å². The Bertz CT molecular complexity index is 393. The molecule has 1 saturated heterocycles. The van der Waals surface area contributed by atoms with Crippen molar-refractivity contribution in [1.29, 1.82) is 0 Å². The molecule has 1 fully saturated rings. The van der Waals surface area contributed by atoms with Gasteiger partial charge in [-0.25, -0.2) is 0 Å². The number of rotatable bonds is 3. The summed E-state index contributed by atoms with van der Waals surface area (Å²) in [6.45, 7) is 9.27. The molecule has 1 aliphatic carbocycles. The number of hydrogen-bond donors (Lipinski definition) is 0. The summed E-state index contributed by atoms with van der Waals surface area (Å²) in [4.78, 5) is 11.2. The van der Waals surface area contributed by atoms with Crippen molar-refractivity contribution in [3.8, 4) is 0 Å². The minimum absolute atomic E-state index is 0.0749. The second-order valence-electron chi connectivity index (χ2n) is 6.03. The molecular formula is C15H23BrO3. The van der Waals surface area contributed by atoms with Crippen LogP contribution in [-0.4, -0.2) is 30.6 Å². The molecule has 0 aromatic rings. The Labute approximate surface area is 123 Å². The summed E-state index contributed by atoms with van der Waals surface area (Å²) in [5.74, 6) is 1.04. The molecule has 0 spiro atoms. The minimum atomic E-state index is -0.209. The average Bonchev–Trinajstić information content (AvgIpc) is 2.34. The standard InChI is InChI=1S/C15H23BrO3/c1-9-5-10(2)15(7-18-12(4)17)8-19-13(6-16)14(9)11(15)3/h5,10-11,13-14H,6-8H2,1-4H3/t10-,11+,13+,14-,15-/m0/s1. The van der Waals surface area contributed by atoms with E-state index in [1.807, 2.05) is 0 Å². The summed E-state index contributed by atoms with van der Waals surface area (Å²) in [6.07, 6.45) is 2.57. The van der Waals surface area contributed by atoms with E-state index in [2.05, 4.69) is 42.8 Å². The fourth-order valence-corrected chi connectivity index (χ4v) is 4.35. The second kappa shape index (κ2) is 5.57. The molecule has 2 aliphatic rings. The highest BCUT2D eigenvalue weighted by atomic mass is 79.9. The number of halogens is 1. The van der Waals surface area contributed by atoms with Crippen LogP contribution in [-0.2, 0) is 14.3 Å². The molecule has 19 heavy (non-hydrogen) atoms. The van der Waals surface area contributed by atoms with E-state index in [0.717, 1.165) is 5.33 Å². The van der Waals surface area contributed by atoms with Crippen molar-refractivity contribution in [2.24, 2.45) is 23.2 Å². The van der Waals surface area contributed by atoms with E-state index in [0.29, 0.717) is 31.0 Å². The Kier molecular flexibility index (Phi) is 4.41. The molecule has 0 N–H and O–H groups in total. The maximum Gasteiger partial charge on any atom is 0.302 e. The highest BCUT2D eigenvalue weighted by molar-refractivity contribution is 9.09. The number of carbonyl (C=O) groups is 1. The summed E-state index contributed by atoms with van der Waals surface area (Å²) < 4.78 is 11.4. The molecule has 108 valence electrons. The molecule has 2 bridgehead atoms. The lowest BCUT2D eigenvalue weighted by Crippen LogP contribution is -2.57. The van der Waals surface area contributed by atoms with Crippen LogP contribution in [0.4, 0.5) is 0 Å². The van der Waals surface area contributed by atoms with Gasteiger partial charge in [0.05, 0.1) is 19.3 Å². The largest absolute Gasteiger partial charge is 0.465 e. The van der Waals surface area contributed by atoms with Crippen LogP contribution < -0.4 is 0 Å². The fraction of sp³-hybridized carbons (Fsp3) is 0.800. The summed E-state index contributed by atoms with van der Waals surface area (Å²) in [5.41, 5.74) is 1.33. The van der Waals surface area contributed by atoms with Crippen LogP contribution in [0.5, 0.6) is 0 Å². The summed E-state index contributed by atoms with van der Waals surface area (Å²) >= 11 is 3.55. The van der Waals surface area contributed by atoms with Crippen LogP contribution in [0.2, 0.25) is 0 Å². The Balaban J connectivity index is 2.31. The zero-order valence-corrected chi connectivity index (χ0v) is 13.7. The average molecular weight is 331 g/mol. The zero-order valence-electron chi connectivity index (χ0n) is 12.1. The monoisotopic (exact) mass is 330 g/mol. The molecule has 0 unspecified atom stereocenters. The van der Waals surface area contributed by atoms with Crippen LogP contribution in [0.25, 0.3) is 0 Å². The minimum Gasteiger partial charge on any atom is -0.465 e. The van der Waals surface area contributed by atoms with Gasteiger partial charge in [0.15, 0.2) is 0 Å². The van der Waals surface area contributed by atoms with Crippen LogP contribution in [0.1, 0.15) is 27.7 Å². The summed E-state index contributed by atoms with van der Waals surface area (Å²) in [6, 6.07) is 0. The van der Waals surface area contributed by atoms with Crippen molar-refractivity contribution < 1.29 is 14.3 Å². The topological polar surface area (TPSA) is 35.5 Å². The quantitative estimate of drug-likeness (QED) is 0.453. The number of hydrogen-bond acceptors (Lipinski definition) is 3. The molecule has 1 aliphatic heterocycles. The van der Waals surface area contributed by atoms with Crippen LogP contribution in [0.15, 0.2) is 11.6 Å². The van der Waals surface area contributed by atoms with E-state index in [1.54, 1.807) is 0 Å². The molecule has 1 heterocycles. The number of carbonyl (C=O) groups excluding carboxylic acids is 1. The third-order valence-electron chi connectivity index (χ3n) is 5.05. The Morgan fingerprint density at radius 3 is 2.84 bits per heavy atom. The number of fused-ring (bicyclic) bond motifs is 2. The summed E-state index contributed by atoms with van der Waals surface area (Å²) in [7, 11) is 0. The van der Waals surface area contributed by atoms with Gasteiger partial charge in [-0.2, -0.15) is 0 Å². The van der Waals surface area contributed by atoms with Crippen molar-refractivity contribution >= 4 is 21.9 Å².